The van der Waals surface area contributed by atoms with Crippen molar-refractivity contribution in [3.8, 4) is 0 Å². The molecule has 2 rings (SSSR count). The lowest BCUT2D eigenvalue weighted by molar-refractivity contribution is 0.232. The molecule has 0 amide bonds. The van der Waals surface area contributed by atoms with Crippen LogP contribution in [0.15, 0.2) is 30.3 Å². The van der Waals surface area contributed by atoms with Crippen LogP contribution in [0.3, 0.4) is 0 Å². The fourth-order valence-corrected chi connectivity index (χ4v) is 2.44. The number of hydrogen-bond acceptors (Lipinski definition) is 2. The molecule has 1 fully saturated rings. The van der Waals surface area contributed by atoms with E-state index in [1.54, 1.807) is 0 Å². The van der Waals surface area contributed by atoms with Gasteiger partial charge in [0.05, 0.1) is 0 Å². The van der Waals surface area contributed by atoms with Gasteiger partial charge in [-0.15, -0.1) is 0 Å². The number of likely N-dealkylation sites (tertiary alicyclic amines) is 1. The second-order valence-corrected chi connectivity index (χ2v) is 5.61. The van der Waals surface area contributed by atoms with Crippen molar-refractivity contribution in [3.63, 3.8) is 0 Å². The Morgan fingerprint density at radius 1 is 1.31 bits per heavy atom. The molecule has 1 aliphatic heterocycles. The van der Waals surface area contributed by atoms with Crippen LogP contribution in [0.1, 0.15) is 32.4 Å². The quantitative estimate of drug-likeness (QED) is 0.826. The van der Waals surface area contributed by atoms with E-state index < -0.39 is 0 Å². The summed E-state index contributed by atoms with van der Waals surface area (Å²) in [5.41, 5.74) is 7.80. The highest BCUT2D eigenvalue weighted by atomic mass is 15.2. The van der Waals surface area contributed by atoms with Crippen LogP contribution < -0.4 is 5.73 Å². The molecule has 2 atom stereocenters. The molecular formula is C14H22N2. The molecule has 0 aromatic heterocycles. The summed E-state index contributed by atoms with van der Waals surface area (Å²) in [5, 5.41) is 0. The first kappa shape index (κ1) is 11.6. The minimum absolute atomic E-state index is 0.239. The minimum atomic E-state index is 0.239. The summed E-state index contributed by atoms with van der Waals surface area (Å²) in [7, 11) is 0. The summed E-state index contributed by atoms with van der Waals surface area (Å²) < 4.78 is 0. The summed E-state index contributed by atoms with van der Waals surface area (Å²) in [4.78, 5) is 2.49. The van der Waals surface area contributed by atoms with Crippen molar-refractivity contribution >= 4 is 0 Å². The van der Waals surface area contributed by atoms with Crippen LogP contribution in [0.2, 0.25) is 0 Å². The molecule has 2 N–H and O–H groups in total. The summed E-state index contributed by atoms with van der Waals surface area (Å²) in [6.07, 6.45) is 0. The highest BCUT2D eigenvalue weighted by Crippen LogP contribution is 2.33. The molecule has 1 aliphatic rings. The van der Waals surface area contributed by atoms with E-state index in [0.29, 0.717) is 12.1 Å². The van der Waals surface area contributed by atoms with Crippen molar-refractivity contribution in [1.29, 1.82) is 0 Å². The van der Waals surface area contributed by atoms with Gasteiger partial charge < -0.3 is 5.73 Å². The molecular weight excluding hydrogens is 196 g/mol. The van der Waals surface area contributed by atoms with Gasteiger partial charge >= 0.3 is 0 Å². The molecule has 16 heavy (non-hydrogen) atoms. The van der Waals surface area contributed by atoms with Gasteiger partial charge in [0.1, 0.15) is 0 Å². The Bertz CT molecular complexity index is 345. The van der Waals surface area contributed by atoms with E-state index in [-0.39, 0.29) is 5.41 Å². The molecule has 0 bridgehead atoms. The number of nitrogens with zero attached hydrogens (tertiary/aromatic N) is 1. The number of nitrogens with two attached hydrogens (primary N) is 1. The molecule has 0 radical (unpaired) electrons. The van der Waals surface area contributed by atoms with Crippen molar-refractivity contribution in [2.45, 2.75) is 32.9 Å². The Kier molecular flexibility index (Phi) is 3.04. The van der Waals surface area contributed by atoms with Crippen LogP contribution in [0, 0.1) is 5.41 Å². The first-order valence-corrected chi connectivity index (χ1v) is 6.05. The monoisotopic (exact) mass is 218 g/mol. The van der Waals surface area contributed by atoms with Gasteiger partial charge in [-0.25, -0.2) is 0 Å². The van der Waals surface area contributed by atoms with Gasteiger partial charge in [0, 0.05) is 25.2 Å². The number of rotatable bonds is 2. The third kappa shape index (κ3) is 2.13. The maximum Gasteiger partial charge on any atom is 0.0320 e. The Morgan fingerprint density at radius 2 is 1.94 bits per heavy atom. The zero-order valence-corrected chi connectivity index (χ0v) is 10.5. The van der Waals surface area contributed by atoms with Crippen molar-refractivity contribution < 1.29 is 0 Å². The molecule has 0 spiro atoms. The molecule has 2 nitrogen and oxygen atoms in total. The lowest BCUT2D eigenvalue weighted by Crippen LogP contribution is -2.35. The lowest BCUT2D eigenvalue weighted by atomic mass is 9.89. The SMILES string of the molecule is CC(c1ccccc1)N1C[C@@H](N)C(C)(C)C1. The lowest BCUT2D eigenvalue weighted by Gasteiger charge is -2.26. The predicted molar refractivity (Wildman–Crippen MR) is 68.2 cm³/mol. The first-order chi connectivity index (χ1) is 7.50. The Hall–Kier alpha value is -0.860. The van der Waals surface area contributed by atoms with Crippen LogP contribution in [-0.4, -0.2) is 24.0 Å². The molecule has 1 unspecified atom stereocenters. The van der Waals surface area contributed by atoms with Gasteiger partial charge in [-0.1, -0.05) is 44.2 Å². The van der Waals surface area contributed by atoms with E-state index in [9.17, 15) is 0 Å². The third-order valence-electron chi connectivity index (χ3n) is 3.88. The van der Waals surface area contributed by atoms with E-state index in [1.807, 2.05) is 0 Å². The summed E-state index contributed by atoms with van der Waals surface area (Å²) in [6.45, 7) is 8.88. The van der Waals surface area contributed by atoms with Crippen LogP contribution in [0.25, 0.3) is 0 Å². The Balaban J connectivity index is 2.11. The van der Waals surface area contributed by atoms with Crippen LogP contribution >= 0.6 is 0 Å². The van der Waals surface area contributed by atoms with Gasteiger partial charge in [-0.2, -0.15) is 0 Å². The first-order valence-electron chi connectivity index (χ1n) is 6.05. The molecule has 1 aromatic rings. The average molecular weight is 218 g/mol. The number of hydrogen-bond donors (Lipinski definition) is 1. The topological polar surface area (TPSA) is 29.3 Å². The summed E-state index contributed by atoms with van der Waals surface area (Å²) >= 11 is 0. The van der Waals surface area contributed by atoms with Gasteiger partial charge in [0.25, 0.3) is 0 Å². The van der Waals surface area contributed by atoms with Crippen LogP contribution in [0.5, 0.6) is 0 Å². The normalized spacial score (nSPS) is 26.9. The Morgan fingerprint density at radius 3 is 2.44 bits per heavy atom. The number of benzene rings is 1. The van der Waals surface area contributed by atoms with Crippen LogP contribution in [0.4, 0.5) is 0 Å². The second kappa shape index (κ2) is 4.19. The van der Waals surface area contributed by atoms with Crippen molar-refractivity contribution in [2.75, 3.05) is 13.1 Å². The minimum Gasteiger partial charge on any atom is -0.326 e. The third-order valence-corrected chi connectivity index (χ3v) is 3.88. The second-order valence-electron chi connectivity index (χ2n) is 5.61. The molecule has 0 aliphatic carbocycles. The average Bonchev–Trinajstić information content (AvgIpc) is 2.54. The van der Waals surface area contributed by atoms with E-state index in [2.05, 4.69) is 56.0 Å². The fourth-order valence-electron chi connectivity index (χ4n) is 2.44. The maximum atomic E-state index is 6.18. The standard InChI is InChI=1S/C14H22N2/c1-11(12-7-5-4-6-8-12)16-9-13(15)14(2,3)10-16/h4-8,11,13H,9-10,15H2,1-3H3/t11?,13-/m1/s1. The molecule has 1 aromatic carbocycles. The molecule has 2 heteroatoms. The molecule has 1 saturated heterocycles. The van der Waals surface area contributed by atoms with Crippen molar-refractivity contribution in [3.05, 3.63) is 35.9 Å². The molecule has 0 saturated carbocycles. The smallest absolute Gasteiger partial charge is 0.0320 e. The largest absolute Gasteiger partial charge is 0.326 e. The zero-order valence-electron chi connectivity index (χ0n) is 10.5. The zero-order chi connectivity index (χ0) is 11.8. The summed E-state index contributed by atoms with van der Waals surface area (Å²) in [6, 6.07) is 11.4. The van der Waals surface area contributed by atoms with Gasteiger partial charge in [0.2, 0.25) is 0 Å². The van der Waals surface area contributed by atoms with Crippen molar-refractivity contribution in [1.82, 2.24) is 4.90 Å². The fraction of sp³-hybridized carbons (Fsp3) is 0.571. The summed E-state index contributed by atoms with van der Waals surface area (Å²) in [5.74, 6) is 0. The molecule has 1 heterocycles. The van der Waals surface area contributed by atoms with Gasteiger partial charge in [0.15, 0.2) is 0 Å². The van der Waals surface area contributed by atoms with E-state index in [1.165, 1.54) is 5.56 Å². The van der Waals surface area contributed by atoms with Crippen molar-refractivity contribution in [2.24, 2.45) is 11.1 Å². The van der Waals surface area contributed by atoms with E-state index >= 15 is 0 Å². The predicted octanol–water partition coefficient (Wildman–Crippen LogP) is 2.42. The van der Waals surface area contributed by atoms with Crippen LogP contribution in [-0.2, 0) is 0 Å². The van der Waals surface area contributed by atoms with Gasteiger partial charge in [-0.3, -0.25) is 4.90 Å². The highest BCUT2D eigenvalue weighted by molar-refractivity contribution is 5.19. The molecule has 88 valence electrons. The van der Waals surface area contributed by atoms with E-state index in [0.717, 1.165) is 13.1 Å². The highest BCUT2D eigenvalue weighted by Gasteiger charge is 2.38. The maximum absolute atomic E-state index is 6.18. The van der Waals surface area contributed by atoms with E-state index in [4.69, 9.17) is 5.73 Å². The van der Waals surface area contributed by atoms with Gasteiger partial charge in [-0.05, 0) is 17.9 Å². The Labute approximate surface area is 98.4 Å².